The lowest BCUT2D eigenvalue weighted by Gasteiger charge is -2.35. The number of benzene rings is 2. The lowest BCUT2D eigenvalue weighted by molar-refractivity contribution is 0.109. The van der Waals surface area contributed by atoms with Gasteiger partial charge in [-0.1, -0.05) is 24.3 Å². The normalized spacial score (nSPS) is 14.5. The van der Waals surface area contributed by atoms with Crippen molar-refractivity contribution < 1.29 is 15.3 Å². The lowest BCUT2D eigenvalue weighted by Crippen LogP contribution is -2.40. The van der Waals surface area contributed by atoms with Crippen LogP contribution in [-0.4, -0.2) is 38.9 Å². The summed E-state index contributed by atoms with van der Waals surface area (Å²) < 4.78 is 0. The Labute approximate surface area is 161 Å². The van der Waals surface area contributed by atoms with Gasteiger partial charge in [-0.05, 0) is 61.1 Å². The van der Waals surface area contributed by atoms with E-state index < -0.39 is 0 Å². The smallest absolute Gasteiger partial charge is 0.157 e. The summed E-state index contributed by atoms with van der Waals surface area (Å²) in [4.78, 5) is 2.51. The maximum atomic E-state index is 9.70. The van der Waals surface area contributed by atoms with Gasteiger partial charge in [0, 0.05) is 31.7 Å². The highest BCUT2D eigenvalue weighted by molar-refractivity contribution is 5.41. The van der Waals surface area contributed by atoms with E-state index in [-0.39, 0.29) is 23.6 Å². The van der Waals surface area contributed by atoms with Gasteiger partial charge in [-0.25, -0.2) is 0 Å². The SMILES string of the molecule is CC(C)(CCc1ccc(O)c(O)c1)N1Cc2cccc(CNCCO)c2C1. The number of hydrogen-bond donors (Lipinski definition) is 4. The van der Waals surface area contributed by atoms with Crippen molar-refractivity contribution in [1.82, 2.24) is 10.2 Å². The molecule has 0 bridgehead atoms. The second-order valence-corrected chi connectivity index (χ2v) is 7.95. The minimum Gasteiger partial charge on any atom is -0.504 e. The molecule has 0 saturated carbocycles. The van der Waals surface area contributed by atoms with Crippen LogP contribution < -0.4 is 5.32 Å². The number of hydrogen-bond acceptors (Lipinski definition) is 5. The molecule has 0 spiro atoms. The molecule has 0 unspecified atom stereocenters. The van der Waals surface area contributed by atoms with Crippen molar-refractivity contribution >= 4 is 0 Å². The Morgan fingerprint density at radius 3 is 2.63 bits per heavy atom. The maximum Gasteiger partial charge on any atom is 0.157 e. The monoisotopic (exact) mass is 370 g/mol. The molecule has 0 radical (unpaired) electrons. The number of aliphatic hydroxyl groups excluding tert-OH is 1. The van der Waals surface area contributed by atoms with Gasteiger partial charge < -0.3 is 20.6 Å². The van der Waals surface area contributed by atoms with Crippen LogP contribution in [-0.2, 0) is 26.1 Å². The number of aromatic hydroxyl groups is 2. The average molecular weight is 370 g/mol. The Balaban J connectivity index is 1.65. The van der Waals surface area contributed by atoms with Gasteiger partial charge in [-0.3, -0.25) is 4.90 Å². The number of nitrogens with zero attached hydrogens (tertiary/aromatic N) is 1. The first-order chi connectivity index (χ1) is 12.9. The highest BCUT2D eigenvalue weighted by atomic mass is 16.3. The molecule has 0 saturated heterocycles. The molecule has 2 aromatic rings. The zero-order valence-corrected chi connectivity index (χ0v) is 16.2. The van der Waals surface area contributed by atoms with Gasteiger partial charge in [0.15, 0.2) is 11.5 Å². The van der Waals surface area contributed by atoms with Gasteiger partial charge in [0.2, 0.25) is 0 Å². The van der Waals surface area contributed by atoms with E-state index in [1.165, 1.54) is 16.7 Å². The van der Waals surface area contributed by atoms with E-state index in [0.717, 1.165) is 38.0 Å². The largest absolute Gasteiger partial charge is 0.504 e. The summed E-state index contributed by atoms with van der Waals surface area (Å²) in [6.07, 6.45) is 1.81. The molecular weight excluding hydrogens is 340 g/mol. The van der Waals surface area contributed by atoms with E-state index in [1.54, 1.807) is 12.1 Å². The Kier molecular flexibility index (Phi) is 6.05. The van der Waals surface area contributed by atoms with Crippen LogP contribution >= 0.6 is 0 Å². The van der Waals surface area contributed by atoms with Crippen LogP contribution in [0.5, 0.6) is 11.5 Å². The number of rotatable bonds is 8. The molecule has 1 aliphatic rings. The van der Waals surface area contributed by atoms with Crippen LogP contribution in [0.2, 0.25) is 0 Å². The Morgan fingerprint density at radius 2 is 1.89 bits per heavy atom. The van der Waals surface area contributed by atoms with Gasteiger partial charge in [0.25, 0.3) is 0 Å². The average Bonchev–Trinajstić information content (AvgIpc) is 3.09. The van der Waals surface area contributed by atoms with Gasteiger partial charge in [-0.2, -0.15) is 0 Å². The minimum atomic E-state index is -0.0738. The number of phenols is 2. The topological polar surface area (TPSA) is 76.0 Å². The predicted molar refractivity (Wildman–Crippen MR) is 107 cm³/mol. The van der Waals surface area contributed by atoms with Crippen molar-refractivity contribution in [2.24, 2.45) is 0 Å². The molecule has 27 heavy (non-hydrogen) atoms. The van der Waals surface area contributed by atoms with Crippen LogP contribution in [0.25, 0.3) is 0 Å². The van der Waals surface area contributed by atoms with Crippen molar-refractivity contribution in [3.63, 3.8) is 0 Å². The molecule has 5 nitrogen and oxygen atoms in total. The number of phenolic OH excluding ortho intramolecular Hbond substituents is 2. The molecule has 4 N–H and O–H groups in total. The molecule has 0 atom stereocenters. The van der Waals surface area contributed by atoms with Crippen LogP contribution in [0.15, 0.2) is 36.4 Å². The van der Waals surface area contributed by atoms with Crippen molar-refractivity contribution in [3.05, 3.63) is 58.7 Å². The van der Waals surface area contributed by atoms with Gasteiger partial charge in [0.1, 0.15) is 0 Å². The molecule has 2 aromatic carbocycles. The van der Waals surface area contributed by atoms with E-state index in [1.807, 2.05) is 6.07 Å². The molecule has 0 aromatic heterocycles. The van der Waals surface area contributed by atoms with Gasteiger partial charge in [-0.15, -0.1) is 0 Å². The maximum absolute atomic E-state index is 9.70. The quantitative estimate of drug-likeness (QED) is 0.425. The molecule has 5 heteroatoms. The van der Waals surface area contributed by atoms with E-state index in [4.69, 9.17) is 5.11 Å². The minimum absolute atomic E-state index is 0.0162. The third-order valence-corrected chi connectivity index (χ3v) is 5.61. The number of fused-ring (bicyclic) bond motifs is 1. The third-order valence-electron chi connectivity index (χ3n) is 5.61. The second-order valence-electron chi connectivity index (χ2n) is 7.95. The zero-order chi connectivity index (χ0) is 19.4. The highest BCUT2D eigenvalue weighted by Crippen LogP contribution is 2.34. The first-order valence-electron chi connectivity index (χ1n) is 9.58. The summed E-state index contributed by atoms with van der Waals surface area (Å²) in [7, 11) is 0. The second kappa shape index (κ2) is 8.30. The Hall–Kier alpha value is -2.08. The fourth-order valence-electron chi connectivity index (χ4n) is 3.72. The molecule has 0 aliphatic carbocycles. The number of aliphatic hydroxyl groups is 1. The van der Waals surface area contributed by atoms with Crippen LogP contribution in [0, 0.1) is 0 Å². The van der Waals surface area contributed by atoms with Crippen molar-refractivity contribution in [2.45, 2.75) is 51.9 Å². The first-order valence-corrected chi connectivity index (χ1v) is 9.58. The van der Waals surface area contributed by atoms with E-state index >= 15 is 0 Å². The summed E-state index contributed by atoms with van der Waals surface area (Å²) in [6, 6.07) is 11.6. The molecule has 3 rings (SSSR count). The fourth-order valence-corrected chi connectivity index (χ4v) is 3.72. The van der Waals surface area contributed by atoms with Crippen LogP contribution in [0.1, 0.15) is 42.5 Å². The van der Waals surface area contributed by atoms with Crippen LogP contribution in [0.4, 0.5) is 0 Å². The number of nitrogens with one attached hydrogen (secondary N) is 1. The van der Waals surface area contributed by atoms with E-state index in [0.29, 0.717) is 6.54 Å². The predicted octanol–water partition coefficient (Wildman–Crippen LogP) is 2.91. The van der Waals surface area contributed by atoms with Crippen molar-refractivity contribution in [1.29, 1.82) is 0 Å². The standard InChI is InChI=1S/C22H30N2O3/c1-22(2,9-8-16-6-7-20(26)21(27)12-16)24-14-18-5-3-4-17(19(18)15-24)13-23-10-11-25/h3-7,12,23,25-27H,8-11,13-15H2,1-2H3. The van der Waals surface area contributed by atoms with Crippen molar-refractivity contribution in [3.8, 4) is 11.5 Å². The summed E-state index contributed by atoms with van der Waals surface area (Å²) in [6.45, 7) is 7.95. The van der Waals surface area contributed by atoms with Crippen molar-refractivity contribution in [2.75, 3.05) is 13.2 Å². The van der Waals surface area contributed by atoms with Gasteiger partial charge in [0.05, 0.1) is 6.61 Å². The highest BCUT2D eigenvalue weighted by Gasteiger charge is 2.32. The van der Waals surface area contributed by atoms with Gasteiger partial charge >= 0.3 is 0 Å². The number of aryl methyl sites for hydroxylation is 1. The summed E-state index contributed by atoms with van der Waals surface area (Å²) in [5.74, 6) is -0.130. The van der Waals surface area contributed by atoms with Crippen LogP contribution in [0.3, 0.4) is 0 Å². The first kappa shape index (κ1) is 19.7. The summed E-state index contributed by atoms with van der Waals surface area (Å²) in [5.41, 5.74) is 5.14. The third kappa shape index (κ3) is 4.61. The Bertz CT molecular complexity index is 789. The van der Waals surface area contributed by atoms with E-state index in [9.17, 15) is 10.2 Å². The Morgan fingerprint density at radius 1 is 1.07 bits per heavy atom. The fraction of sp³-hybridized carbons (Fsp3) is 0.455. The zero-order valence-electron chi connectivity index (χ0n) is 16.2. The summed E-state index contributed by atoms with van der Waals surface area (Å²) >= 11 is 0. The summed E-state index contributed by atoms with van der Waals surface area (Å²) in [5, 5.41) is 31.4. The molecule has 1 aliphatic heterocycles. The molecule has 146 valence electrons. The molecule has 0 fully saturated rings. The molecular formula is C22H30N2O3. The molecule has 1 heterocycles. The van der Waals surface area contributed by atoms with E-state index in [2.05, 4.69) is 42.3 Å². The molecule has 0 amide bonds. The lowest BCUT2D eigenvalue weighted by atomic mass is 9.93.